The number of hydrogen-bond acceptors (Lipinski definition) is 2. The molecule has 1 aliphatic heterocycles. The van der Waals surface area contributed by atoms with Crippen molar-refractivity contribution in [3.05, 3.63) is 32.7 Å². The number of hydrogen-bond donors (Lipinski definition) is 1. The number of rotatable bonds is 4. The molecule has 0 aromatic heterocycles. The minimum Gasteiger partial charge on any atom is -0.376 e. The monoisotopic (exact) mass is 375 g/mol. The van der Waals surface area contributed by atoms with Gasteiger partial charge in [-0.1, -0.05) is 38.8 Å². The predicted molar refractivity (Wildman–Crippen MR) is 81.9 cm³/mol. The second kappa shape index (κ2) is 7.04. The lowest BCUT2D eigenvalue weighted by atomic mass is 9.95. The Morgan fingerprint density at radius 2 is 2.22 bits per heavy atom. The molecule has 2 atom stereocenters. The van der Waals surface area contributed by atoms with E-state index >= 15 is 0 Å². The maximum absolute atomic E-state index is 5.94. The minimum absolute atomic E-state index is 0.266. The van der Waals surface area contributed by atoms with E-state index in [4.69, 9.17) is 4.74 Å². The maximum atomic E-state index is 5.94. The first-order valence-corrected chi connectivity index (χ1v) is 8.11. The van der Waals surface area contributed by atoms with E-state index in [0.717, 1.165) is 28.5 Å². The third-order valence-electron chi connectivity index (χ3n) is 3.30. The van der Waals surface area contributed by atoms with Gasteiger partial charge >= 0.3 is 0 Å². The van der Waals surface area contributed by atoms with Crippen molar-refractivity contribution in [1.82, 2.24) is 5.32 Å². The lowest BCUT2D eigenvalue weighted by molar-refractivity contribution is -0.00801. The third-order valence-corrected chi connectivity index (χ3v) is 4.52. The zero-order valence-corrected chi connectivity index (χ0v) is 13.8. The van der Waals surface area contributed by atoms with Gasteiger partial charge in [0.2, 0.25) is 0 Å². The van der Waals surface area contributed by atoms with Crippen molar-refractivity contribution < 1.29 is 4.74 Å². The van der Waals surface area contributed by atoms with E-state index < -0.39 is 0 Å². The molecule has 0 saturated carbocycles. The Bertz CT molecular complexity index is 391. The normalized spacial score (nSPS) is 21.8. The molecule has 1 aliphatic rings. The number of likely N-dealkylation sites (N-methyl/N-ethyl adjacent to an activating group) is 1. The number of halogens is 2. The summed E-state index contributed by atoms with van der Waals surface area (Å²) < 4.78 is 8.20. The summed E-state index contributed by atoms with van der Waals surface area (Å²) in [5.41, 5.74) is 1.28. The molecule has 2 unspecified atom stereocenters. The average molecular weight is 377 g/mol. The summed E-state index contributed by atoms with van der Waals surface area (Å²) in [6, 6.07) is 6.59. The zero-order chi connectivity index (χ0) is 13.0. The molecule has 0 amide bonds. The van der Waals surface area contributed by atoms with E-state index in [1.807, 2.05) is 0 Å². The van der Waals surface area contributed by atoms with Crippen LogP contribution in [-0.2, 0) is 4.74 Å². The van der Waals surface area contributed by atoms with Gasteiger partial charge in [0, 0.05) is 15.6 Å². The van der Waals surface area contributed by atoms with E-state index in [1.165, 1.54) is 18.4 Å². The molecule has 1 aromatic rings. The Kier molecular flexibility index (Phi) is 5.67. The molecule has 1 N–H and O–H groups in total. The molecule has 100 valence electrons. The van der Waals surface area contributed by atoms with Crippen molar-refractivity contribution in [2.24, 2.45) is 0 Å². The lowest BCUT2D eigenvalue weighted by Gasteiger charge is -2.32. The summed E-state index contributed by atoms with van der Waals surface area (Å²) in [6.45, 7) is 3.98. The van der Waals surface area contributed by atoms with Gasteiger partial charge in [0.25, 0.3) is 0 Å². The van der Waals surface area contributed by atoms with Crippen molar-refractivity contribution in [1.29, 1.82) is 0 Å². The third kappa shape index (κ3) is 3.56. The highest BCUT2D eigenvalue weighted by atomic mass is 79.9. The first-order chi connectivity index (χ1) is 8.72. The van der Waals surface area contributed by atoms with Crippen molar-refractivity contribution in [2.75, 3.05) is 13.2 Å². The topological polar surface area (TPSA) is 21.3 Å². The molecule has 2 rings (SSSR count). The van der Waals surface area contributed by atoms with Crippen molar-refractivity contribution >= 4 is 31.9 Å². The zero-order valence-electron chi connectivity index (χ0n) is 10.6. The van der Waals surface area contributed by atoms with E-state index in [1.54, 1.807) is 0 Å². The summed E-state index contributed by atoms with van der Waals surface area (Å²) >= 11 is 7.20. The van der Waals surface area contributed by atoms with Crippen LogP contribution in [0, 0.1) is 0 Å². The predicted octanol–water partition coefficient (Wildman–Crippen LogP) is 4.43. The fourth-order valence-corrected chi connectivity index (χ4v) is 3.32. The van der Waals surface area contributed by atoms with Crippen molar-refractivity contribution in [2.45, 2.75) is 38.3 Å². The number of nitrogens with one attached hydrogen (secondary N) is 1. The molecule has 1 aromatic carbocycles. The standard InChI is InChI=1S/C14H19Br2NO/c1-2-17-14(13-5-3-4-8-18-13)11-9-10(15)6-7-12(11)16/h6-7,9,13-14,17H,2-5,8H2,1H3. The largest absolute Gasteiger partial charge is 0.376 e. The molecule has 0 aliphatic carbocycles. The van der Waals surface area contributed by atoms with Gasteiger partial charge in [-0.05, 0) is 49.6 Å². The Morgan fingerprint density at radius 1 is 1.39 bits per heavy atom. The quantitative estimate of drug-likeness (QED) is 0.839. The first kappa shape index (κ1) is 14.5. The van der Waals surface area contributed by atoms with E-state index in [-0.39, 0.29) is 12.1 Å². The fraction of sp³-hybridized carbons (Fsp3) is 0.571. The average Bonchev–Trinajstić information content (AvgIpc) is 2.40. The van der Waals surface area contributed by atoms with E-state index in [2.05, 4.69) is 62.3 Å². The summed E-state index contributed by atoms with van der Waals surface area (Å²) in [5.74, 6) is 0. The first-order valence-electron chi connectivity index (χ1n) is 6.52. The van der Waals surface area contributed by atoms with Gasteiger partial charge in [-0.15, -0.1) is 0 Å². The molecule has 0 bridgehead atoms. The Hall–Kier alpha value is 0.1000. The van der Waals surface area contributed by atoms with E-state index in [0.29, 0.717) is 0 Å². The minimum atomic E-state index is 0.266. The Balaban J connectivity index is 2.24. The second-order valence-electron chi connectivity index (χ2n) is 4.61. The van der Waals surface area contributed by atoms with Crippen LogP contribution in [0.5, 0.6) is 0 Å². The number of ether oxygens (including phenoxy) is 1. The fourth-order valence-electron chi connectivity index (χ4n) is 2.44. The van der Waals surface area contributed by atoms with Gasteiger partial charge in [0.1, 0.15) is 0 Å². The molecule has 0 spiro atoms. The van der Waals surface area contributed by atoms with E-state index in [9.17, 15) is 0 Å². The number of benzene rings is 1. The summed E-state index contributed by atoms with van der Waals surface area (Å²) in [5, 5.41) is 3.56. The molecule has 2 nitrogen and oxygen atoms in total. The maximum Gasteiger partial charge on any atom is 0.0770 e. The van der Waals surface area contributed by atoms with Crippen molar-refractivity contribution in [3.63, 3.8) is 0 Å². The molecular weight excluding hydrogens is 358 g/mol. The van der Waals surface area contributed by atoms with Gasteiger partial charge in [0.05, 0.1) is 12.1 Å². The van der Waals surface area contributed by atoms with Crippen LogP contribution >= 0.6 is 31.9 Å². The molecule has 4 heteroatoms. The molecule has 1 fully saturated rings. The van der Waals surface area contributed by atoms with Gasteiger partial charge < -0.3 is 10.1 Å². The SMILES string of the molecule is CCNC(c1cc(Br)ccc1Br)C1CCCCO1. The molecule has 1 saturated heterocycles. The van der Waals surface area contributed by atoms with Crippen LogP contribution in [0.25, 0.3) is 0 Å². The Morgan fingerprint density at radius 3 is 2.89 bits per heavy atom. The van der Waals surface area contributed by atoms with Crippen LogP contribution in [0.3, 0.4) is 0 Å². The Labute approximate surface area is 126 Å². The highest BCUT2D eigenvalue weighted by molar-refractivity contribution is 9.11. The van der Waals surface area contributed by atoms with Crippen molar-refractivity contribution in [3.8, 4) is 0 Å². The van der Waals surface area contributed by atoms with Gasteiger partial charge in [0.15, 0.2) is 0 Å². The summed E-state index contributed by atoms with van der Waals surface area (Å²) in [4.78, 5) is 0. The molecule has 1 heterocycles. The highest BCUT2D eigenvalue weighted by Gasteiger charge is 2.26. The van der Waals surface area contributed by atoms with Crippen LogP contribution < -0.4 is 5.32 Å². The van der Waals surface area contributed by atoms with Crippen LogP contribution in [0.15, 0.2) is 27.1 Å². The smallest absolute Gasteiger partial charge is 0.0770 e. The van der Waals surface area contributed by atoms with Gasteiger partial charge in [-0.2, -0.15) is 0 Å². The van der Waals surface area contributed by atoms with Gasteiger partial charge in [-0.25, -0.2) is 0 Å². The summed E-state index contributed by atoms with van der Waals surface area (Å²) in [7, 11) is 0. The van der Waals surface area contributed by atoms with Crippen LogP contribution in [0.2, 0.25) is 0 Å². The van der Waals surface area contributed by atoms with Crippen LogP contribution in [0.4, 0.5) is 0 Å². The summed E-state index contributed by atoms with van der Waals surface area (Å²) in [6.07, 6.45) is 3.87. The van der Waals surface area contributed by atoms with Gasteiger partial charge in [-0.3, -0.25) is 0 Å². The lowest BCUT2D eigenvalue weighted by Crippen LogP contribution is -2.36. The van der Waals surface area contributed by atoms with Crippen LogP contribution in [0.1, 0.15) is 37.8 Å². The van der Waals surface area contributed by atoms with Crippen LogP contribution in [-0.4, -0.2) is 19.3 Å². The molecule has 0 radical (unpaired) electrons. The molecule has 18 heavy (non-hydrogen) atoms. The molecular formula is C14H19Br2NO. The highest BCUT2D eigenvalue weighted by Crippen LogP contribution is 2.32. The second-order valence-corrected chi connectivity index (χ2v) is 6.38.